The van der Waals surface area contributed by atoms with Gasteiger partial charge in [-0.05, 0) is 25.0 Å². The summed E-state index contributed by atoms with van der Waals surface area (Å²) in [6.07, 6.45) is 6.19. The Bertz CT molecular complexity index is 555. The maximum Gasteiger partial charge on any atom is 0.225 e. The van der Waals surface area contributed by atoms with Crippen LogP contribution in [0, 0.1) is 5.92 Å². The van der Waals surface area contributed by atoms with E-state index in [1.807, 2.05) is 35.2 Å². The lowest BCUT2D eigenvalue weighted by atomic mass is 9.94. The van der Waals surface area contributed by atoms with Crippen molar-refractivity contribution in [2.75, 3.05) is 19.7 Å². The Kier molecular flexibility index (Phi) is 5.72. The van der Waals surface area contributed by atoms with Crippen molar-refractivity contribution in [3.63, 3.8) is 0 Å². The highest BCUT2D eigenvalue weighted by Crippen LogP contribution is 2.28. The number of para-hydroxylation sites is 1. The van der Waals surface area contributed by atoms with Gasteiger partial charge in [0.05, 0.1) is 12.5 Å². The molecule has 5 heteroatoms. The number of amides is 2. The van der Waals surface area contributed by atoms with Crippen LogP contribution in [0.3, 0.4) is 0 Å². The normalized spacial score (nSPS) is 21.8. The lowest BCUT2D eigenvalue weighted by Gasteiger charge is -2.31. The lowest BCUT2D eigenvalue weighted by molar-refractivity contribution is -0.130. The first kappa shape index (κ1) is 16.8. The minimum atomic E-state index is -0.212. The Morgan fingerprint density at radius 3 is 2.67 bits per heavy atom. The van der Waals surface area contributed by atoms with Gasteiger partial charge in [-0.3, -0.25) is 9.59 Å². The summed E-state index contributed by atoms with van der Waals surface area (Å²) in [7, 11) is 0. The molecular formula is C19H26N2O3. The zero-order valence-electron chi connectivity index (χ0n) is 14.1. The van der Waals surface area contributed by atoms with Crippen molar-refractivity contribution in [3.8, 4) is 5.75 Å². The smallest absolute Gasteiger partial charge is 0.225 e. The molecule has 1 aromatic carbocycles. The molecule has 24 heavy (non-hydrogen) atoms. The Labute approximate surface area is 143 Å². The van der Waals surface area contributed by atoms with Gasteiger partial charge in [0, 0.05) is 19.0 Å². The molecule has 3 rings (SSSR count). The summed E-state index contributed by atoms with van der Waals surface area (Å²) in [4.78, 5) is 26.5. The Balaban J connectivity index is 1.40. The van der Waals surface area contributed by atoms with E-state index in [0.29, 0.717) is 32.2 Å². The van der Waals surface area contributed by atoms with Crippen LogP contribution >= 0.6 is 0 Å². The summed E-state index contributed by atoms with van der Waals surface area (Å²) in [5, 5.41) is 2.90. The number of hydrogen-bond donors (Lipinski definition) is 1. The summed E-state index contributed by atoms with van der Waals surface area (Å²) < 4.78 is 5.56. The van der Waals surface area contributed by atoms with Gasteiger partial charge in [0.25, 0.3) is 0 Å². The molecule has 1 atom stereocenters. The van der Waals surface area contributed by atoms with Gasteiger partial charge < -0.3 is 15.0 Å². The van der Waals surface area contributed by atoms with Gasteiger partial charge in [-0.15, -0.1) is 0 Å². The molecule has 130 valence electrons. The molecule has 2 aliphatic rings. The van der Waals surface area contributed by atoms with E-state index in [2.05, 4.69) is 5.32 Å². The number of carbonyl (C=O) groups excluding carboxylic acids is 2. The van der Waals surface area contributed by atoms with Crippen LogP contribution in [0.1, 0.15) is 38.5 Å². The van der Waals surface area contributed by atoms with E-state index in [9.17, 15) is 9.59 Å². The summed E-state index contributed by atoms with van der Waals surface area (Å²) >= 11 is 0. The van der Waals surface area contributed by atoms with E-state index in [1.165, 1.54) is 19.3 Å². The van der Waals surface area contributed by atoms with Crippen molar-refractivity contribution in [3.05, 3.63) is 30.3 Å². The van der Waals surface area contributed by atoms with Gasteiger partial charge in [0.1, 0.15) is 12.4 Å². The number of nitrogens with one attached hydrogen (secondary N) is 1. The van der Waals surface area contributed by atoms with Gasteiger partial charge in [-0.25, -0.2) is 0 Å². The van der Waals surface area contributed by atoms with E-state index >= 15 is 0 Å². The van der Waals surface area contributed by atoms with Crippen molar-refractivity contribution < 1.29 is 14.3 Å². The highest BCUT2D eigenvalue weighted by Gasteiger charge is 2.37. The predicted molar refractivity (Wildman–Crippen MR) is 91.6 cm³/mol. The SMILES string of the molecule is O=C(NCCOc1ccccc1)C1CC(=O)N(C2CCCCC2)C1. The molecule has 1 saturated heterocycles. The predicted octanol–water partition coefficient (Wildman–Crippen LogP) is 2.36. The molecule has 1 aromatic rings. The van der Waals surface area contributed by atoms with Crippen LogP contribution in [0.2, 0.25) is 0 Å². The van der Waals surface area contributed by atoms with Crippen LogP contribution < -0.4 is 10.1 Å². The number of likely N-dealkylation sites (tertiary alicyclic amines) is 1. The van der Waals surface area contributed by atoms with Crippen LogP contribution in [0.5, 0.6) is 5.75 Å². The molecule has 2 fully saturated rings. The number of benzene rings is 1. The Morgan fingerprint density at radius 2 is 1.92 bits per heavy atom. The fraction of sp³-hybridized carbons (Fsp3) is 0.579. The third-order valence-electron chi connectivity index (χ3n) is 4.96. The first-order chi connectivity index (χ1) is 11.7. The molecule has 0 bridgehead atoms. The highest BCUT2D eigenvalue weighted by atomic mass is 16.5. The first-order valence-corrected chi connectivity index (χ1v) is 8.99. The van der Waals surface area contributed by atoms with Gasteiger partial charge in [0.15, 0.2) is 0 Å². The topological polar surface area (TPSA) is 58.6 Å². The molecule has 2 amide bonds. The number of nitrogens with zero attached hydrogens (tertiary/aromatic N) is 1. The minimum absolute atomic E-state index is 0.0293. The summed E-state index contributed by atoms with van der Waals surface area (Å²) in [5.41, 5.74) is 0. The molecule has 5 nitrogen and oxygen atoms in total. The van der Waals surface area contributed by atoms with Crippen LogP contribution in [0.15, 0.2) is 30.3 Å². The van der Waals surface area contributed by atoms with Crippen LogP contribution in [0.25, 0.3) is 0 Å². The lowest BCUT2D eigenvalue weighted by Crippen LogP contribution is -2.39. The third kappa shape index (κ3) is 4.28. The van der Waals surface area contributed by atoms with Gasteiger partial charge in [-0.1, -0.05) is 37.5 Å². The second-order valence-corrected chi connectivity index (χ2v) is 6.69. The molecule has 0 radical (unpaired) electrons. The van der Waals surface area contributed by atoms with Crippen molar-refractivity contribution in [1.82, 2.24) is 10.2 Å². The maximum absolute atomic E-state index is 12.3. The number of ether oxygens (including phenoxy) is 1. The largest absolute Gasteiger partial charge is 0.492 e. The Hall–Kier alpha value is -2.04. The fourth-order valence-electron chi connectivity index (χ4n) is 3.66. The molecule has 0 aromatic heterocycles. The third-order valence-corrected chi connectivity index (χ3v) is 4.96. The number of hydrogen-bond acceptors (Lipinski definition) is 3. The van der Waals surface area contributed by atoms with E-state index in [1.54, 1.807) is 0 Å². The van der Waals surface area contributed by atoms with Crippen LogP contribution in [-0.2, 0) is 9.59 Å². The number of carbonyl (C=O) groups is 2. The highest BCUT2D eigenvalue weighted by molar-refractivity contribution is 5.89. The maximum atomic E-state index is 12.3. The monoisotopic (exact) mass is 330 g/mol. The van der Waals surface area contributed by atoms with Crippen molar-refractivity contribution in [2.24, 2.45) is 5.92 Å². The molecule has 1 aliphatic carbocycles. The van der Waals surface area contributed by atoms with E-state index < -0.39 is 0 Å². The molecule has 1 N–H and O–H groups in total. The zero-order valence-corrected chi connectivity index (χ0v) is 14.1. The fourth-order valence-corrected chi connectivity index (χ4v) is 3.66. The summed E-state index contributed by atoms with van der Waals surface area (Å²) in [6, 6.07) is 9.89. The average Bonchev–Trinajstić information content (AvgIpc) is 3.02. The summed E-state index contributed by atoms with van der Waals surface area (Å²) in [5.74, 6) is 0.698. The molecule has 1 unspecified atom stereocenters. The van der Waals surface area contributed by atoms with Crippen LogP contribution in [0.4, 0.5) is 0 Å². The molecule has 1 aliphatic heterocycles. The van der Waals surface area contributed by atoms with E-state index in [4.69, 9.17) is 4.74 Å². The van der Waals surface area contributed by atoms with Gasteiger partial charge in [0.2, 0.25) is 11.8 Å². The van der Waals surface area contributed by atoms with Crippen molar-refractivity contribution >= 4 is 11.8 Å². The molecule has 1 saturated carbocycles. The van der Waals surface area contributed by atoms with E-state index in [0.717, 1.165) is 18.6 Å². The molecule has 0 spiro atoms. The standard InChI is InChI=1S/C19H26N2O3/c22-18-13-15(14-21(18)16-7-3-1-4-8-16)19(23)20-11-12-24-17-9-5-2-6-10-17/h2,5-6,9-10,15-16H,1,3-4,7-8,11-14H2,(H,20,23). The first-order valence-electron chi connectivity index (χ1n) is 8.99. The van der Waals surface area contributed by atoms with Crippen molar-refractivity contribution in [1.29, 1.82) is 0 Å². The number of rotatable bonds is 6. The van der Waals surface area contributed by atoms with Gasteiger partial charge >= 0.3 is 0 Å². The Morgan fingerprint density at radius 1 is 1.17 bits per heavy atom. The summed E-state index contributed by atoms with van der Waals surface area (Å²) in [6.45, 7) is 1.47. The molecule has 1 heterocycles. The average molecular weight is 330 g/mol. The van der Waals surface area contributed by atoms with E-state index in [-0.39, 0.29) is 17.7 Å². The van der Waals surface area contributed by atoms with Gasteiger partial charge in [-0.2, -0.15) is 0 Å². The zero-order chi connectivity index (χ0) is 16.8. The second kappa shape index (κ2) is 8.18. The quantitative estimate of drug-likeness (QED) is 0.815. The minimum Gasteiger partial charge on any atom is -0.492 e. The second-order valence-electron chi connectivity index (χ2n) is 6.69. The van der Waals surface area contributed by atoms with Crippen LogP contribution in [-0.4, -0.2) is 42.5 Å². The van der Waals surface area contributed by atoms with Crippen molar-refractivity contribution in [2.45, 2.75) is 44.6 Å². The molecular weight excluding hydrogens is 304 g/mol.